The molecule has 1 aliphatic carbocycles. The molecule has 1 aromatic heterocycles. The number of nitrogens with zero attached hydrogens (tertiary/aromatic N) is 5. The summed E-state index contributed by atoms with van der Waals surface area (Å²) in [5.74, 6) is 1.44. The Balaban J connectivity index is 1.48. The number of allylic oxidation sites excluding steroid dienone is 2. The van der Waals surface area contributed by atoms with Crippen molar-refractivity contribution < 1.29 is 4.79 Å². The fourth-order valence-electron chi connectivity index (χ4n) is 5.92. The predicted octanol–water partition coefficient (Wildman–Crippen LogP) is 2.96. The summed E-state index contributed by atoms with van der Waals surface area (Å²) in [5.41, 5.74) is 5.91. The van der Waals surface area contributed by atoms with Crippen LogP contribution in [-0.2, 0) is 11.8 Å². The first-order valence-electron chi connectivity index (χ1n) is 12.8. The third kappa shape index (κ3) is 5.00. The number of amidine groups is 1. The lowest BCUT2D eigenvalue weighted by molar-refractivity contribution is -0.131. The zero-order valence-electron chi connectivity index (χ0n) is 22.0. The summed E-state index contributed by atoms with van der Waals surface area (Å²) in [7, 11) is 2.00. The molecule has 3 aliphatic heterocycles. The Kier molecular flexibility index (Phi) is 7.62. The van der Waals surface area contributed by atoms with Gasteiger partial charge >= 0.3 is 0 Å². The van der Waals surface area contributed by atoms with Crippen molar-refractivity contribution in [3.8, 4) is 0 Å². The summed E-state index contributed by atoms with van der Waals surface area (Å²) in [6.07, 6.45) is 3.18. The molecule has 192 valence electrons. The van der Waals surface area contributed by atoms with Crippen molar-refractivity contribution in [3.05, 3.63) is 33.8 Å². The van der Waals surface area contributed by atoms with E-state index in [0.29, 0.717) is 23.7 Å². The number of aromatic nitrogens is 2. The number of rotatable bonds is 7. The van der Waals surface area contributed by atoms with Gasteiger partial charge in [-0.1, -0.05) is 31.5 Å². The molecule has 2 atom stereocenters. The van der Waals surface area contributed by atoms with Gasteiger partial charge in [0.1, 0.15) is 0 Å². The summed E-state index contributed by atoms with van der Waals surface area (Å²) in [6.45, 7) is 15.9. The highest BCUT2D eigenvalue weighted by Gasteiger charge is 2.48. The van der Waals surface area contributed by atoms with E-state index < -0.39 is 0 Å². The van der Waals surface area contributed by atoms with Crippen LogP contribution in [0.3, 0.4) is 0 Å². The van der Waals surface area contributed by atoms with E-state index in [9.17, 15) is 4.79 Å². The zero-order chi connectivity index (χ0) is 25.4. The van der Waals surface area contributed by atoms with Crippen LogP contribution in [0, 0.1) is 31.1 Å². The lowest BCUT2D eigenvalue weighted by Gasteiger charge is -2.54. The van der Waals surface area contributed by atoms with Crippen molar-refractivity contribution >= 4 is 28.9 Å². The Morgan fingerprint density at radius 1 is 1.23 bits per heavy atom. The van der Waals surface area contributed by atoms with Crippen LogP contribution in [0.1, 0.15) is 44.1 Å². The molecule has 8 nitrogen and oxygen atoms in total. The monoisotopic (exact) mass is 501 g/mol. The molecular formula is C26H40ClN7O. The third-order valence-corrected chi connectivity index (χ3v) is 8.18. The topological polar surface area (TPSA) is 80.5 Å². The molecular weight excluding hydrogens is 462 g/mol. The molecule has 2 saturated heterocycles. The number of carbonyl (C=O) groups excluding carboxylic acids is 1. The average molecular weight is 502 g/mol. The van der Waals surface area contributed by atoms with Gasteiger partial charge in [-0.25, -0.2) is 0 Å². The normalized spacial score (nSPS) is 22.8. The summed E-state index contributed by atoms with van der Waals surface area (Å²) in [5, 5.41) is 15.8. The van der Waals surface area contributed by atoms with Crippen LogP contribution in [0.4, 0.5) is 0 Å². The van der Waals surface area contributed by atoms with Gasteiger partial charge in [0.2, 0.25) is 5.91 Å². The van der Waals surface area contributed by atoms with Crippen LogP contribution < -0.4 is 5.32 Å². The first-order valence-corrected chi connectivity index (χ1v) is 13.1. The molecule has 2 N–H and O–H groups in total. The minimum absolute atomic E-state index is 0.0718. The van der Waals surface area contributed by atoms with Crippen LogP contribution in [-0.4, -0.2) is 88.1 Å². The molecule has 2 bridgehead atoms. The lowest BCUT2D eigenvalue weighted by atomic mass is 9.74. The standard InChI is InChI=1S/C26H40ClN7O/c1-16(2)23-21-8-7-20(27)25(24-17(3)30-31(6)18(24)4)26(23)34(21)14-11-32-9-12-33(13-10-32)22(35)15-29-19(5)28/h7,16,21,23H,8-15H2,1-6H3,(H2,28,29)/t21?,23-/m0/s1. The summed E-state index contributed by atoms with van der Waals surface area (Å²) in [6, 6.07) is 0.479. The van der Waals surface area contributed by atoms with Gasteiger partial charge in [0.25, 0.3) is 0 Å². The maximum atomic E-state index is 12.4. The maximum Gasteiger partial charge on any atom is 0.241 e. The SMILES string of the molecule is CC(=N)NCC(=O)N1CCN(CCN2C3=C(c4c(C)nn(C)c4C)C(Cl)=CCC2[C@@H]3C(C)C)CC1. The van der Waals surface area contributed by atoms with E-state index in [2.05, 4.69) is 54.0 Å². The Morgan fingerprint density at radius 3 is 2.49 bits per heavy atom. The maximum absolute atomic E-state index is 12.4. The van der Waals surface area contributed by atoms with E-state index in [1.807, 2.05) is 16.6 Å². The molecule has 9 heteroatoms. The second-order valence-corrected chi connectivity index (χ2v) is 10.9. The van der Waals surface area contributed by atoms with Crippen molar-refractivity contribution in [1.82, 2.24) is 29.8 Å². The van der Waals surface area contributed by atoms with Gasteiger partial charge < -0.3 is 15.1 Å². The molecule has 1 amide bonds. The molecule has 1 unspecified atom stereocenters. The van der Waals surface area contributed by atoms with E-state index in [4.69, 9.17) is 17.0 Å². The number of carbonyl (C=O) groups is 1. The lowest BCUT2D eigenvalue weighted by Crippen LogP contribution is -2.58. The summed E-state index contributed by atoms with van der Waals surface area (Å²) >= 11 is 6.94. The molecule has 2 fully saturated rings. The van der Waals surface area contributed by atoms with Gasteiger partial charge in [-0.3, -0.25) is 19.8 Å². The first-order chi connectivity index (χ1) is 16.6. The van der Waals surface area contributed by atoms with Gasteiger partial charge in [-0.05, 0) is 33.1 Å². The minimum atomic E-state index is 0.0718. The average Bonchev–Trinajstić information content (AvgIpc) is 2.92. The zero-order valence-corrected chi connectivity index (χ0v) is 22.7. The highest BCUT2D eigenvalue weighted by Crippen LogP contribution is 2.52. The Hall–Kier alpha value is -2.32. The van der Waals surface area contributed by atoms with Crippen LogP contribution >= 0.6 is 11.6 Å². The smallest absolute Gasteiger partial charge is 0.241 e. The first kappa shape index (κ1) is 25.8. The van der Waals surface area contributed by atoms with E-state index in [1.165, 1.54) is 16.8 Å². The highest BCUT2D eigenvalue weighted by molar-refractivity contribution is 6.37. The van der Waals surface area contributed by atoms with E-state index in [-0.39, 0.29) is 12.5 Å². The van der Waals surface area contributed by atoms with Crippen molar-refractivity contribution in [1.29, 1.82) is 5.41 Å². The highest BCUT2D eigenvalue weighted by atomic mass is 35.5. The fourth-order valence-corrected chi connectivity index (χ4v) is 6.20. The van der Waals surface area contributed by atoms with Crippen LogP contribution in [0.25, 0.3) is 5.57 Å². The van der Waals surface area contributed by atoms with Gasteiger partial charge in [0.05, 0.1) is 18.1 Å². The number of piperazine rings is 1. The number of aryl methyl sites for hydroxylation is 2. The number of amides is 1. The second-order valence-electron chi connectivity index (χ2n) is 10.4. The third-order valence-electron chi connectivity index (χ3n) is 7.84. The van der Waals surface area contributed by atoms with Crippen LogP contribution in [0.2, 0.25) is 0 Å². The number of hydrogen-bond donors (Lipinski definition) is 2. The van der Waals surface area contributed by atoms with Crippen molar-refractivity contribution in [2.45, 2.75) is 47.1 Å². The van der Waals surface area contributed by atoms with Crippen LogP contribution in [0.5, 0.6) is 0 Å². The van der Waals surface area contributed by atoms with Gasteiger partial charge in [0.15, 0.2) is 0 Å². The molecule has 0 radical (unpaired) electrons. The number of halogens is 1. The molecule has 35 heavy (non-hydrogen) atoms. The van der Waals surface area contributed by atoms with Crippen molar-refractivity contribution in [3.63, 3.8) is 0 Å². The van der Waals surface area contributed by atoms with Gasteiger partial charge in [-0.15, -0.1) is 0 Å². The fraction of sp³-hybridized carbons (Fsp3) is 0.654. The minimum Gasteiger partial charge on any atom is -0.369 e. The summed E-state index contributed by atoms with van der Waals surface area (Å²) < 4.78 is 1.96. The molecule has 4 aliphatic rings. The Bertz CT molecular complexity index is 1050. The van der Waals surface area contributed by atoms with Gasteiger partial charge in [0, 0.05) is 85.8 Å². The second kappa shape index (κ2) is 10.3. The van der Waals surface area contributed by atoms with E-state index in [1.54, 1.807) is 6.92 Å². The van der Waals surface area contributed by atoms with Crippen molar-refractivity contribution in [2.75, 3.05) is 45.8 Å². The molecule has 1 aromatic rings. The van der Waals surface area contributed by atoms with Crippen molar-refractivity contribution in [2.24, 2.45) is 18.9 Å². The van der Waals surface area contributed by atoms with E-state index >= 15 is 0 Å². The summed E-state index contributed by atoms with van der Waals surface area (Å²) in [4.78, 5) is 19.3. The van der Waals surface area contributed by atoms with Gasteiger partial charge in [-0.2, -0.15) is 5.10 Å². The van der Waals surface area contributed by atoms with E-state index in [0.717, 1.165) is 62.1 Å². The quantitative estimate of drug-likeness (QED) is 0.443. The molecule has 0 spiro atoms. The number of hydrogen-bond acceptors (Lipinski definition) is 5. The Morgan fingerprint density at radius 2 is 1.91 bits per heavy atom. The molecule has 5 rings (SSSR count). The predicted molar refractivity (Wildman–Crippen MR) is 141 cm³/mol. The molecule has 4 heterocycles. The number of nitrogens with one attached hydrogen (secondary N) is 2. The molecule has 0 aromatic carbocycles. The Labute approximate surface area is 214 Å². The molecule has 0 saturated carbocycles. The largest absolute Gasteiger partial charge is 0.369 e. The van der Waals surface area contributed by atoms with Crippen LogP contribution in [0.15, 0.2) is 16.8 Å². The number of fused-ring (bicyclic) bond motifs is 2.